The number of aliphatic hydroxyl groups excluding tert-OH is 1. The van der Waals surface area contributed by atoms with Gasteiger partial charge >= 0.3 is 0 Å². The number of nitrogens with zero attached hydrogens (tertiary/aromatic N) is 4. The second-order valence-corrected chi connectivity index (χ2v) is 3.25. The lowest BCUT2D eigenvalue weighted by Crippen LogP contribution is -2.06. The van der Waals surface area contributed by atoms with E-state index in [0.717, 1.165) is 5.56 Å². The molecule has 0 aliphatic heterocycles. The lowest BCUT2D eigenvalue weighted by Gasteiger charge is -2.07. The van der Waals surface area contributed by atoms with Crippen LogP contribution in [-0.4, -0.2) is 24.4 Å². The Labute approximate surface area is 81.6 Å². The van der Waals surface area contributed by atoms with Crippen molar-refractivity contribution in [2.45, 2.75) is 6.10 Å². The van der Waals surface area contributed by atoms with E-state index in [0.29, 0.717) is 5.82 Å². The van der Waals surface area contributed by atoms with Crippen LogP contribution in [0.5, 0.6) is 0 Å². The van der Waals surface area contributed by atoms with Gasteiger partial charge in [-0.1, -0.05) is 0 Å². The molecular formula is C9H12N4O. The molecule has 5 nitrogen and oxygen atoms in total. The van der Waals surface area contributed by atoms with Gasteiger partial charge in [0, 0.05) is 38.2 Å². The van der Waals surface area contributed by atoms with Gasteiger partial charge in [0.25, 0.3) is 0 Å². The summed E-state index contributed by atoms with van der Waals surface area (Å²) < 4.78 is 3.44. The molecule has 0 aliphatic rings. The number of rotatable bonds is 2. The molecule has 2 rings (SSSR count). The highest BCUT2D eigenvalue weighted by molar-refractivity contribution is 5.16. The van der Waals surface area contributed by atoms with Crippen LogP contribution in [0.2, 0.25) is 0 Å². The molecule has 0 amide bonds. The van der Waals surface area contributed by atoms with Crippen molar-refractivity contribution in [2.24, 2.45) is 14.1 Å². The summed E-state index contributed by atoms with van der Waals surface area (Å²) in [5.74, 6) is 0.623. The largest absolute Gasteiger partial charge is 0.380 e. The summed E-state index contributed by atoms with van der Waals surface area (Å²) in [5, 5.41) is 13.9. The van der Waals surface area contributed by atoms with Crippen molar-refractivity contribution < 1.29 is 5.11 Å². The minimum Gasteiger partial charge on any atom is -0.380 e. The van der Waals surface area contributed by atoms with Gasteiger partial charge in [-0.2, -0.15) is 5.10 Å². The van der Waals surface area contributed by atoms with Crippen LogP contribution in [0.15, 0.2) is 24.8 Å². The van der Waals surface area contributed by atoms with Gasteiger partial charge in [-0.15, -0.1) is 0 Å². The van der Waals surface area contributed by atoms with Crippen LogP contribution in [0.4, 0.5) is 0 Å². The number of aliphatic hydroxyl groups is 1. The Kier molecular flexibility index (Phi) is 2.09. The number of imidazole rings is 1. The minimum atomic E-state index is -0.705. The molecule has 0 aliphatic carbocycles. The highest BCUT2D eigenvalue weighted by Gasteiger charge is 2.15. The third-order valence-electron chi connectivity index (χ3n) is 2.14. The summed E-state index contributed by atoms with van der Waals surface area (Å²) in [5.41, 5.74) is 0.752. The van der Waals surface area contributed by atoms with Gasteiger partial charge in [0.1, 0.15) is 11.9 Å². The van der Waals surface area contributed by atoms with Gasteiger partial charge in [-0.3, -0.25) is 4.68 Å². The Morgan fingerprint density at radius 2 is 2.21 bits per heavy atom. The highest BCUT2D eigenvalue weighted by atomic mass is 16.3. The quantitative estimate of drug-likeness (QED) is 0.741. The molecule has 0 saturated carbocycles. The third-order valence-corrected chi connectivity index (χ3v) is 2.14. The van der Waals surface area contributed by atoms with Crippen molar-refractivity contribution in [2.75, 3.05) is 0 Å². The van der Waals surface area contributed by atoms with Crippen molar-refractivity contribution >= 4 is 0 Å². The first-order valence-electron chi connectivity index (χ1n) is 4.32. The lowest BCUT2D eigenvalue weighted by molar-refractivity contribution is 0.206. The number of aryl methyl sites for hydroxylation is 2. The monoisotopic (exact) mass is 192 g/mol. The van der Waals surface area contributed by atoms with Crippen LogP contribution in [0, 0.1) is 0 Å². The number of aromatic nitrogens is 4. The summed E-state index contributed by atoms with van der Waals surface area (Å²) in [7, 11) is 3.66. The SMILES string of the molecule is Cn1cc(C(O)c2nccn2C)cn1. The van der Waals surface area contributed by atoms with Crippen LogP contribution in [0.1, 0.15) is 17.5 Å². The molecule has 1 unspecified atom stereocenters. The molecule has 1 N–H and O–H groups in total. The van der Waals surface area contributed by atoms with Crippen molar-refractivity contribution in [3.8, 4) is 0 Å². The van der Waals surface area contributed by atoms with E-state index in [2.05, 4.69) is 10.1 Å². The van der Waals surface area contributed by atoms with Crippen molar-refractivity contribution in [1.29, 1.82) is 0 Å². The average Bonchev–Trinajstić information content (AvgIpc) is 2.73. The van der Waals surface area contributed by atoms with E-state index in [1.165, 1.54) is 0 Å². The van der Waals surface area contributed by atoms with Crippen LogP contribution < -0.4 is 0 Å². The first-order chi connectivity index (χ1) is 6.68. The van der Waals surface area contributed by atoms with Gasteiger partial charge < -0.3 is 9.67 Å². The zero-order valence-electron chi connectivity index (χ0n) is 8.12. The first-order valence-corrected chi connectivity index (χ1v) is 4.32. The van der Waals surface area contributed by atoms with Crippen molar-refractivity contribution in [1.82, 2.24) is 19.3 Å². The van der Waals surface area contributed by atoms with Gasteiger partial charge in [-0.05, 0) is 0 Å². The molecule has 0 saturated heterocycles. The Balaban J connectivity index is 2.33. The molecule has 2 heterocycles. The van der Waals surface area contributed by atoms with E-state index in [9.17, 15) is 5.11 Å². The number of hydrogen-bond acceptors (Lipinski definition) is 3. The lowest BCUT2D eigenvalue weighted by atomic mass is 10.2. The smallest absolute Gasteiger partial charge is 0.142 e. The summed E-state index contributed by atoms with van der Waals surface area (Å²) in [4.78, 5) is 4.08. The Morgan fingerprint density at radius 3 is 2.71 bits per heavy atom. The molecule has 0 bridgehead atoms. The molecule has 0 aromatic carbocycles. The molecule has 5 heteroatoms. The van der Waals surface area contributed by atoms with Crippen LogP contribution in [0.25, 0.3) is 0 Å². The summed E-state index contributed by atoms with van der Waals surface area (Å²) >= 11 is 0. The van der Waals surface area contributed by atoms with Crippen molar-refractivity contribution in [3.63, 3.8) is 0 Å². The van der Waals surface area contributed by atoms with E-state index in [1.54, 1.807) is 34.0 Å². The minimum absolute atomic E-state index is 0.623. The third kappa shape index (κ3) is 1.42. The molecule has 2 aromatic heterocycles. The summed E-state index contributed by atoms with van der Waals surface area (Å²) in [6.07, 6.45) is 6.17. The fraction of sp³-hybridized carbons (Fsp3) is 0.333. The second kappa shape index (κ2) is 3.26. The Bertz CT molecular complexity index is 431. The number of hydrogen-bond donors (Lipinski definition) is 1. The molecule has 2 aromatic rings. The predicted octanol–water partition coefficient (Wildman–Crippen LogP) is 0.235. The first kappa shape index (κ1) is 8.96. The van der Waals surface area contributed by atoms with E-state index < -0.39 is 6.10 Å². The topological polar surface area (TPSA) is 55.9 Å². The second-order valence-electron chi connectivity index (χ2n) is 3.25. The summed E-state index contributed by atoms with van der Waals surface area (Å²) in [6.45, 7) is 0. The Hall–Kier alpha value is -1.62. The van der Waals surface area contributed by atoms with Crippen LogP contribution in [-0.2, 0) is 14.1 Å². The highest BCUT2D eigenvalue weighted by Crippen LogP contribution is 2.18. The Morgan fingerprint density at radius 1 is 1.43 bits per heavy atom. The molecule has 0 spiro atoms. The molecule has 14 heavy (non-hydrogen) atoms. The van der Waals surface area contributed by atoms with Gasteiger partial charge in [0.2, 0.25) is 0 Å². The van der Waals surface area contributed by atoms with Crippen LogP contribution in [0.3, 0.4) is 0 Å². The predicted molar refractivity (Wildman–Crippen MR) is 50.5 cm³/mol. The average molecular weight is 192 g/mol. The molecule has 74 valence electrons. The fourth-order valence-electron chi connectivity index (χ4n) is 1.37. The normalized spacial score (nSPS) is 13.1. The molecule has 0 fully saturated rings. The fourth-order valence-corrected chi connectivity index (χ4v) is 1.37. The maximum atomic E-state index is 9.94. The van der Waals surface area contributed by atoms with E-state index in [-0.39, 0.29) is 0 Å². The van der Waals surface area contributed by atoms with E-state index in [4.69, 9.17) is 0 Å². The van der Waals surface area contributed by atoms with E-state index >= 15 is 0 Å². The standard InChI is InChI=1S/C9H12N4O/c1-12-4-3-10-9(12)8(14)7-5-11-13(2)6-7/h3-6,8,14H,1-2H3. The zero-order valence-corrected chi connectivity index (χ0v) is 8.12. The van der Waals surface area contributed by atoms with Crippen molar-refractivity contribution in [3.05, 3.63) is 36.2 Å². The molecule has 0 radical (unpaired) electrons. The maximum absolute atomic E-state index is 9.94. The van der Waals surface area contributed by atoms with Gasteiger partial charge in [0.05, 0.1) is 6.20 Å². The molecule has 1 atom stereocenters. The van der Waals surface area contributed by atoms with Crippen LogP contribution >= 0.6 is 0 Å². The van der Waals surface area contributed by atoms with Gasteiger partial charge in [-0.25, -0.2) is 4.98 Å². The zero-order chi connectivity index (χ0) is 10.1. The van der Waals surface area contributed by atoms with Gasteiger partial charge in [0.15, 0.2) is 0 Å². The molecular weight excluding hydrogens is 180 g/mol. The summed E-state index contributed by atoms with van der Waals surface area (Å²) in [6, 6.07) is 0. The maximum Gasteiger partial charge on any atom is 0.142 e. The van der Waals surface area contributed by atoms with E-state index in [1.807, 2.05) is 14.1 Å².